The fourth-order valence-electron chi connectivity index (χ4n) is 3.03. The van der Waals surface area contributed by atoms with E-state index in [2.05, 4.69) is 25.7 Å². The number of nitrogens with zero attached hydrogens (tertiary/aromatic N) is 5. The van der Waals surface area contributed by atoms with Gasteiger partial charge in [0.05, 0.1) is 12.9 Å². The molecule has 2 heterocycles. The maximum absolute atomic E-state index is 12.3. The predicted octanol–water partition coefficient (Wildman–Crippen LogP) is 4.09. The molecule has 1 amide bonds. The molecular formula is C22H21ClN6O3S. The highest BCUT2D eigenvalue weighted by Crippen LogP contribution is 2.26. The van der Waals surface area contributed by atoms with Crippen molar-refractivity contribution in [1.29, 1.82) is 0 Å². The van der Waals surface area contributed by atoms with E-state index in [-0.39, 0.29) is 17.6 Å². The minimum absolute atomic E-state index is 0.133. The quantitative estimate of drug-likeness (QED) is 0.354. The number of aromatic nitrogens is 5. The number of halogens is 1. The molecule has 1 N–H and O–H groups in total. The first kappa shape index (κ1) is 22.8. The summed E-state index contributed by atoms with van der Waals surface area (Å²) in [6.45, 7) is 2.89. The number of thioether (sulfide) groups is 1. The first-order chi connectivity index (χ1) is 16.1. The van der Waals surface area contributed by atoms with Crippen molar-refractivity contribution >= 4 is 29.3 Å². The van der Waals surface area contributed by atoms with Crippen LogP contribution in [0, 0.1) is 0 Å². The molecule has 0 saturated heterocycles. The second kappa shape index (κ2) is 10.5. The molecule has 2 aromatic heterocycles. The Labute approximate surface area is 199 Å². The van der Waals surface area contributed by atoms with Crippen LogP contribution >= 0.6 is 23.4 Å². The van der Waals surface area contributed by atoms with Gasteiger partial charge in [-0.05, 0) is 42.8 Å². The molecular weight excluding hydrogens is 464 g/mol. The van der Waals surface area contributed by atoms with Gasteiger partial charge in [-0.3, -0.25) is 9.36 Å². The minimum Gasteiger partial charge on any atom is -0.497 e. The number of methoxy groups -OCH3 is 1. The lowest BCUT2D eigenvalue weighted by atomic mass is 10.2. The van der Waals surface area contributed by atoms with Crippen molar-refractivity contribution < 1.29 is 14.1 Å². The van der Waals surface area contributed by atoms with E-state index < -0.39 is 0 Å². The zero-order valence-corrected chi connectivity index (χ0v) is 19.6. The predicted molar refractivity (Wildman–Crippen MR) is 125 cm³/mol. The van der Waals surface area contributed by atoms with Gasteiger partial charge in [0.15, 0.2) is 5.16 Å². The van der Waals surface area contributed by atoms with Gasteiger partial charge >= 0.3 is 0 Å². The van der Waals surface area contributed by atoms with Crippen molar-refractivity contribution in [2.24, 2.45) is 0 Å². The van der Waals surface area contributed by atoms with Crippen LogP contribution in [-0.2, 0) is 17.9 Å². The Balaban J connectivity index is 1.41. The molecule has 11 heteroatoms. The molecule has 0 aliphatic rings. The van der Waals surface area contributed by atoms with Crippen molar-refractivity contribution in [1.82, 2.24) is 30.2 Å². The second-order valence-electron chi connectivity index (χ2n) is 6.86. The summed E-state index contributed by atoms with van der Waals surface area (Å²) >= 11 is 7.41. The number of nitrogens with one attached hydrogen (secondary N) is 1. The number of carbonyl (C=O) groups excluding carboxylic acids is 1. The number of hydrogen-bond acceptors (Lipinski definition) is 8. The van der Waals surface area contributed by atoms with E-state index in [1.54, 1.807) is 13.2 Å². The highest BCUT2D eigenvalue weighted by Gasteiger charge is 2.20. The van der Waals surface area contributed by atoms with Gasteiger partial charge in [0.1, 0.15) is 5.75 Å². The molecule has 0 radical (unpaired) electrons. The normalized spacial score (nSPS) is 10.9. The van der Waals surface area contributed by atoms with Gasteiger partial charge in [0.25, 0.3) is 5.89 Å². The van der Waals surface area contributed by atoms with Crippen LogP contribution in [-0.4, -0.2) is 43.7 Å². The summed E-state index contributed by atoms with van der Waals surface area (Å²) in [7, 11) is 1.61. The molecule has 170 valence electrons. The maximum atomic E-state index is 12.3. The molecule has 0 unspecified atom stereocenters. The largest absolute Gasteiger partial charge is 0.497 e. The molecule has 0 saturated carbocycles. The third kappa shape index (κ3) is 5.35. The van der Waals surface area contributed by atoms with E-state index in [9.17, 15) is 4.79 Å². The van der Waals surface area contributed by atoms with Crippen molar-refractivity contribution in [2.45, 2.75) is 25.2 Å². The molecule has 0 atom stereocenters. The van der Waals surface area contributed by atoms with Crippen LogP contribution in [0.25, 0.3) is 23.1 Å². The lowest BCUT2D eigenvalue weighted by Crippen LogP contribution is -2.24. The maximum Gasteiger partial charge on any atom is 0.296 e. The number of ether oxygens (including phenoxy) is 1. The highest BCUT2D eigenvalue weighted by atomic mass is 35.5. The van der Waals surface area contributed by atoms with Crippen LogP contribution in [0.5, 0.6) is 5.75 Å². The van der Waals surface area contributed by atoms with Crippen molar-refractivity contribution in [3.63, 3.8) is 0 Å². The van der Waals surface area contributed by atoms with Crippen LogP contribution in [0.15, 0.2) is 58.2 Å². The van der Waals surface area contributed by atoms with Gasteiger partial charge < -0.3 is 14.6 Å². The minimum atomic E-state index is -0.133. The van der Waals surface area contributed by atoms with E-state index in [4.69, 9.17) is 20.9 Å². The number of amides is 1. The van der Waals surface area contributed by atoms with E-state index in [0.29, 0.717) is 34.9 Å². The number of hydrogen-bond donors (Lipinski definition) is 1. The summed E-state index contributed by atoms with van der Waals surface area (Å²) in [6.07, 6.45) is 0. The Morgan fingerprint density at radius 3 is 2.70 bits per heavy atom. The lowest BCUT2D eigenvalue weighted by molar-refractivity contribution is -0.118. The Bertz CT molecular complexity index is 1240. The fourth-order valence-corrected chi connectivity index (χ4v) is 4.06. The van der Waals surface area contributed by atoms with Gasteiger partial charge in [-0.15, -0.1) is 10.2 Å². The second-order valence-corrected chi connectivity index (χ2v) is 8.21. The summed E-state index contributed by atoms with van der Waals surface area (Å²) < 4.78 is 12.4. The molecule has 0 aliphatic carbocycles. The summed E-state index contributed by atoms with van der Waals surface area (Å²) in [6, 6.07) is 14.7. The molecule has 0 fully saturated rings. The number of benzene rings is 2. The summed E-state index contributed by atoms with van der Waals surface area (Å²) in [5.41, 5.74) is 1.65. The standard InChI is InChI=1S/C22H21ClN6O3S/c1-3-29-20(21-25-19(28-32-21)14-8-10-16(31-2)11-9-14)26-27-22(29)33-13-18(30)24-12-15-6-4-5-7-17(15)23/h4-11H,3,12-13H2,1-2H3,(H,24,30). The first-order valence-electron chi connectivity index (χ1n) is 10.1. The van der Waals surface area contributed by atoms with Crippen LogP contribution in [0.1, 0.15) is 12.5 Å². The van der Waals surface area contributed by atoms with Crippen LogP contribution < -0.4 is 10.1 Å². The van der Waals surface area contributed by atoms with Crippen molar-refractivity contribution in [3.05, 3.63) is 59.1 Å². The van der Waals surface area contributed by atoms with Gasteiger partial charge in [-0.2, -0.15) is 4.98 Å². The Kier molecular flexibility index (Phi) is 7.26. The van der Waals surface area contributed by atoms with Gasteiger partial charge in [-0.25, -0.2) is 0 Å². The molecule has 4 rings (SSSR count). The molecule has 4 aromatic rings. The molecule has 0 aliphatic heterocycles. The summed E-state index contributed by atoms with van der Waals surface area (Å²) in [5.74, 6) is 1.93. The van der Waals surface area contributed by atoms with Crippen molar-refractivity contribution in [2.75, 3.05) is 12.9 Å². The summed E-state index contributed by atoms with van der Waals surface area (Å²) in [4.78, 5) is 16.8. The molecule has 0 spiro atoms. The monoisotopic (exact) mass is 484 g/mol. The highest BCUT2D eigenvalue weighted by molar-refractivity contribution is 7.99. The smallest absolute Gasteiger partial charge is 0.296 e. The van der Waals surface area contributed by atoms with Gasteiger partial charge in [-0.1, -0.05) is 46.7 Å². The third-order valence-corrected chi connectivity index (χ3v) is 6.10. The Morgan fingerprint density at radius 2 is 1.97 bits per heavy atom. The topological polar surface area (TPSA) is 108 Å². The molecule has 2 aromatic carbocycles. The SMILES string of the molecule is CCn1c(SCC(=O)NCc2ccccc2Cl)nnc1-c1nc(-c2ccc(OC)cc2)no1. The van der Waals surface area contributed by atoms with Crippen LogP contribution in [0.2, 0.25) is 5.02 Å². The number of carbonyl (C=O) groups is 1. The first-order valence-corrected chi connectivity index (χ1v) is 11.5. The Hall–Kier alpha value is -3.37. The van der Waals surface area contributed by atoms with E-state index in [1.807, 2.05) is 54.0 Å². The molecule has 33 heavy (non-hydrogen) atoms. The third-order valence-electron chi connectivity index (χ3n) is 4.76. The average molecular weight is 485 g/mol. The van der Waals surface area contributed by atoms with E-state index >= 15 is 0 Å². The van der Waals surface area contributed by atoms with Gasteiger partial charge in [0, 0.05) is 23.7 Å². The molecule has 9 nitrogen and oxygen atoms in total. The Morgan fingerprint density at radius 1 is 1.18 bits per heavy atom. The van der Waals surface area contributed by atoms with Crippen LogP contribution in [0.3, 0.4) is 0 Å². The van der Waals surface area contributed by atoms with Crippen LogP contribution in [0.4, 0.5) is 0 Å². The van der Waals surface area contributed by atoms with Gasteiger partial charge in [0.2, 0.25) is 17.6 Å². The molecule has 0 bridgehead atoms. The average Bonchev–Trinajstić information content (AvgIpc) is 3.49. The number of rotatable bonds is 9. The van der Waals surface area contributed by atoms with E-state index in [0.717, 1.165) is 16.9 Å². The fraction of sp³-hybridized carbons (Fsp3) is 0.227. The van der Waals surface area contributed by atoms with E-state index in [1.165, 1.54) is 11.8 Å². The van der Waals surface area contributed by atoms with Crippen molar-refractivity contribution in [3.8, 4) is 28.9 Å². The summed E-state index contributed by atoms with van der Waals surface area (Å²) in [5, 5.41) is 16.5. The lowest BCUT2D eigenvalue weighted by Gasteiger charge is -2.07. The zero-order chi connectivity index (χ0) is 23.2. The zero-order valence-electron chi connectivity index (χ0n) is 18.0.